The van der Waals surface area contributed by atoms with Crippen LogP contribution in [0, 0.1) is 0 Å². The van der Waals surface area contributed by atoms with E-state index in [2.05, 4.69) is 12.2 Å². The summed E-state index contributed by atoms with van der Waals surface area (Å²) in [6.07, 6.45) is 4.50. The Morgan fingerprint density at radius 2 is 2.08 bits per heavy atom. The third-order valence-corrected chi connectivity index (χ3v) is 1.60. The molecule has 0 bridgehead atoms. The van der Waals surface area contributed by atoms with Crippen LogP contribution < -0.4 is 5.32 Å². The molecule has 0 fully saturated rings. The highest BCUT2D eigenvalue weighted by atomic mass is 16.5. The maximum atomic E-state index is 10.7. The van der Waals surface area contributed by atoms with E-state index in [1.165, 1.54) is 19.9 Å². The minimum atomic E-state index is -0.438. The van der Waals surface area contributed by atoms with Crippen molar-refractivity contribution in [2.75, 3.05) is 13.6 Å². The minimum Gasteiger partial charge on any atom is -0.336 e. The molecule has 0 aromatic heterocycles. The van der Waals surface area contributed by atoms with Crippen molar-refractivity contribution in [1.29, 1.82) is 0 Å². The Bertz CT molecular complexity index is 126. The van der Waals surface area contributed by atoms with Gasteiger partial charge in [0.05, 0.1) is 0 Å². The molecule has 0 saturated heterocycles. The van der Waals surface area contributed by atoms with Crippen molar-refractivity contribution in [2.45, 2.75) is 32.6 Å². The lowest BCUT2D eigenvalue weighted by Crippen LogP contribution is -2.35. The summed E-state index contributed by atoms with van der Waals surface area (Å²) in [5.41, 5.74) is 0. The first-order valence-electron chi connectivity index (χ1n) is 4.39. The number of hydroxylamine groups is 2. The van der Waals surface area contributed by atoms with Crippen molar-refractivity contribution in [3.05, 3.63) is 0 Å². The first-order chi connectivity index (χ1) is 5.68. The number of unbranched alkanes of at least 4 members (excludes halogenated alkanes) is 3. The normalized spacial score (nSPS) is 9.58. The second-order valence-corrected chi connectivity index (χ2v) is 2.82. The van der Waals surface area contributed by atoms with Crippen molar-refractivity contribution in [2.24, 2.45) is 0 Å². The minimum absolute atomic E-state index is 0.438. The molecule has 0 heterocycles. The van der Waals surface area contributed by atoms with Crippen LogP contribution in [0.25, 0.3) is 0 Å². The van der Waals surface area contributed by atoms with E-state index in [1.54, 1.807) is 0 Å². The summed E-state index contributed by atoms with van der Waals surface area (Å²) in [5, 5.41) is 11.8. The highest BCUT2D eigenvalue weighted by molar-refractivity contribution is 5.72. The number of amides is 2. The summed E-state index contributed by atoms with van der Waals surface area (Å²) in [6, 6.07) is -0.438. The van der Waals surface area contributed by atoms with E-state index >= 15 is 0 Å². The molecule has 0 aromatic carbocycles. The van der Waals surface area contributed by atoms with Gasteiger partial charge in [0.1, 0.15) is 0 Å². The standard InChI is InChI=1S/C8H18N2O2/c1-3-4-5-6-7-9-8(11)10(2)12/h12H,3-7H2,1-2H3,(H,9,11). The van der Waals surface area contributed by atoms with E-state index in [4.69, 9.17) is 5.21 Å². The van der Waals surface area contributed by atoms with Gasteiger partial charge in [0.25, 0.3) is 0 Å². The van der Waals surface area contributed by atoms with Gasteiger partial charge < -0.3 is 5.32 Å². The first-order valence-corrected chi connectivity index (χ1v) is 4.39. The highest BCUT2D eigenvalue weighted by Crippen LogP contribution is 1.96. The molecular weight excluding hydrogens is 156 g/mol. The van der Waals surface area contributed by atoms with E-state index in [0.717, 1.165) is 12.8 Å². The summed E-state index contributed by atoms with van der Waals surface area (Å²) >= 11 is 0. The lowest BCUT2D eigenvalue weighted by molar-refractivity contribution is -0.0182. The summed E-state index contributed by atoms with van der Waals surface area (Å²) in [7, 11) is 1.31. The molecule has 0 radical (unpaired) electrons. The van der Waals surface area contributed by atoms with Crippen LogP contribution in [0.5, 0.6) is 0 Å². The van der Waals surface area contributed by atoms with Gasteiger partial charge in [-0.15, -0.1) is 0 Å². The molecule has 0 spiro atoms. The summed E-state index contributed by atoms with van der Waals surface area (Å²) in [5.74, 6) is 0. The lowest BCUT2D eigenvalue weighted by Gasteiger charge is -2.09. The summed E-state index contributed by atoms with van der Waals surface area (Å²) in [6.45, 7) is 2.78. The first kappa shape index (κ1) is 11.2. The quantitative estimate of drug-likeness (QED) is 0.378. The van der Waals surface area contributed by atoms with E-state index in [1.807, 2.05) is 0 Å². The predicted octanol–water partition coefficient (Wildman–Crippen LogP) is 1.60. The fourth-order valence-electron chi connectivity index (χ4n) is 0.862. The van der Waals surface area contributed by atoms with Crippen molar-refractivity contribution < 1.29 is 10.0 Å². The number of urea groups is 1. The molecule has 2 amide bonds. The zero-order chi connectivity index (χ0) is 9.40. The van der Waals surface area contributed by atoms with Gasteiger partial charge in [0.2, 0.25) is 0 Å². The van der Waals surface area contributed by atoms with Crippen molar-refractivity contribution in [3.8, 4) is 0 Å². The van der Waals surface area contributed by atoms with Gasteiger partial charge in [-0.3, -0.25) is 5.21 Å². The number of hydrogen-bond acceptors (Lipinski definition) is 2. The van der Waals surface area contributed by atoms with E-state index < -0.39 is 6.03 Å². The Kier molecular flexibility index (Phi) is 6.47. The van der Waals surface area contributed by atoms with Gasteiger partial charge in [-0.25, -0.2) is 9.86 Å². The fraction of sp³-hybridized carbons (Fsp3) is 0.875. The van der Waals surface area contributed by atoms with Crippen LogP contribution in [0.3, 0.4) is 0 Å². The highest BCUT2D eigenvalue weighted by Gasteiger charge is 2.01. The zero-order valence-electron chi connectivity index (χ0n) is 7.84. The van der Waals surface area contributed by atoms with Gasteiger partial charge >= 0.3 is 6.03 Å². The number of carbonyl (C=O) groups is 1. The summed E-state index contributed by atoms with van der Waals surface area (Å²) in [4.78, 5) is 10.7. The Morgan fingerprint density at radius 3 is 2.58 bits per heavy atom. The molecule has 0 aromatic rings. The molecule has 12 heavy (non-hydrogen) atoms. The molecule has 4 nitrogen and oxygen atoms in total. The molecule has 0 atom stereocenters. The van der Waals surface area contributed by atoms with Crippen LogP contribution in [0.1, 0.15) is 32.6 Å². The van der Waals surface area contributed by atoms with Crippen LogP contribution in [-0.2, 0) is 0 Å². The van der Waals surface area contributed by atoms with Crippen LogP contribution in [0.4, 0.5) is 4.79 Å². The summed E-state index contributed by atoms with van der Waals surface area (Å²) < 4.78 is 0. The smallest absolute Gasteiger partial charge is 0.336 e. The average molecular weight is 174 g/mol. The molecule has 0 aliphatic heterocycles. The average Bonchev–Trinajstić information content (AvgIpc) is 2.03. The predicted molar refractivity (Wildman–Crippen MR) is 47.1 cm³/mol. The fourth-order valence-corrected chi connectivity index (χ4v) is 0.862. The maximum Gasteiger partial charge on any atom is 0.340 e. The molecule has 0 aliphatic carbocycles. The SMILES string of the molecule is CCCCCCNC(=O)N(C)O. The van der Waals surface area contributed by atoms with Gasteiger partial charge in [-0.2, -0.15) is 0 Å². The Balaban J connectivity index is 3.14. The van der Waals surface area contributed by atoms with Gasteiger partial charge in [-0.1, -0.05) is 26.2 Å². The van der Waals surface area contributed by atoms with Crippen molar-refractivity contribution >= 4 is 6.03 Å². The number of carbonyl (C=O) groups excluding carboxylic acids is 1. The number of nitrogens with one attached hydrogen (secondary N) is 1. The van der Waals surface area contributed by atoms with Crippen LogP contribution >= 0.6 is 0 Å². The van der Waals surface area contributed by atoms with E-state index in [9.17, 15) is 4.79 Å². The molecule has 2 N–H and O–H groups in total. The van der Waals surface area contributed by atoms with Gasteiger partial charge in [0, 0.05) is 13.6 Å². The second-order valence-electron chi connectivity index (χ2n) is 2.82. The largest absolute Gasteiger partial charge is 0.340 e. The monoisotopic (exact) mass is 174 g/mol. The molecule has 0 unspecified atom stereocenters. The molecule has 4 heteroatoms. The van der Waals surface area contributed by atoms with Crippen molar-refractivity contribution in [3.63, 3.8) is 0 Å². The maximum absolute atomic E-state index is 10.7. The van der Waals surface area contributed by atoms with E-state index in [0.29, 0.717) is 11.6 Å². The topological polar surface area (TPSA) is 52.6 Å². The third-order valence-electron chi connectivity index (χ3n) is 1.60. The Labute approximate surface area is 73.5 Å². The van der Waals surface area contributed by atoms with E-state index in [-0.39, 0.29) is 0 Å². The number of hydrogen-bond donors (Lipinski definition) is 2. The van der Waals surface area contributed by atoms with Gasteiger partial charge in [-0.05, 0) is 6.42 Å². The second kappa shape index (κ2) is 6.91. The van der Waals surface area contributed by atoms with Crippen LogP contribution in [0.2, 0.25) is 0 Å². The number of rotatable bonds is 5. The molecular formula is C8H18N2O2. The Hall–Kier alpha value is -0.770. The van der Waals surface area contributed by atoms with Crippen LogP contribution in [-0.4, -0.2) is 29.9 Å². The third kappa shape index (κ3) is 5.97. The molecule has 0 saturated carbocycles. The molecule has 72 valence electrons. The molecule has 0 aliphatic rings. The number of nitrogens with zero attached hydrogens (tertiary/aromatic N) is 1. The lowest BCUT2D eigenvalue weighted by atomic mass is 10.2. The van der Waals surface area contributed by atoms with Crippen LogP contribution in [0.15, 0.2) is 0 Å². The molecule has 0 rings (SSSR count). The van der Waals surface area contributed by atoms with Crippen molar-refractivity contribution in [1.82, 2.24) is 10.4 Å². The zero-order valence-corrected chi connectivity index (χ0v) is 7.84. The van der Waals surface area contributed by atoms with Gasteiger partial charge in [0.15, 0.2) is 0 Å². The Morgan fingerprint density at radius 1 is 1.42 bits per heavy atom.